The summed E-state index contributed by atoms with van der Waals surface area (Å²) in [6.07, 6.45) is 5.02. The molecule has 5 nitrogen and oxygen atoms in total. The molecule has 1 aliphatic heterocycles. The maximum absolute atomic E-state index is 12.9. The highest BCUT2D eigenvalue weighted by molar-refractivity contribution is 5.95. The van der Waals surface area contributed by atoms with Crippen LogP contribution in [0.4, 0.5) is 0 Å². The summed E-state index contributed by atoms with van der Waals surface area (Å²) in [6.45, 7) is 2.31. The van der Waals surface area contributed by atoms with Crippen molar-refractivity contribution in [3.8, 4) is 11.1 Å². The summed E-state index contributed by atoms with van der Waals surface area (Å²) in [4.78, 5) is 32.2. The van der Waals surface area contributed by atoms with Crippen LogP contribution in [0.5, 0.6) is 0 Å². The molecule has 0 bridgehead atoms. The van der Waals surface area contributed by atoms with E-state index in [-0.39, 0.29) is 11.8 Å². The molecule has 0 unspecified atom stereocenters. The molecule has 154 valence electrons. The molecule has 5 heteroatoms. The minimum absolute atomic E-state index is 0.0355. The highest BCUT2D eigenvalue weighted by Crippen LogP contribution is 2.33. The summed E-state index contributed by atoms with van der Waals surface area (Å²) in [5.41, 5.74) is 4.03. The fourth-order valence-corrected chi connectivity index (χ4v) is 4.49. The first-order valence-corrected chi connectivity index (χ1v) is 10.8. The van der Waals surface area contributed by atoms with Gasteiger partial charge in [-0.3, -0.25) is 9.59 Å². The van der Waals surface area contributed by atoms with Crippen molar-refractivity contribution < 1.29 is 9.59 Å². The summed E-state index contributed by atoms with van der Waals surface area (Å²) < 4.78 is 0. The van der Waals surface area contributed by atoms with Gasteiger partial charge in [-0.1, -0.05) is 24.3 Å². The minimum Gasteiger partial charge on any atom is -0.361 e. The molecular weight excluding hydrogens is 374 g/mol. The number of hydrogen-bond donors (Lipinski definition) is 1. The number of aromatic nitrogens is 1. The molecule has 2 amide bonds. The van der Waals surface area contributed by atoms with Gasteiger partial charge in [0.05, 0.1) is 0 Å². The van der Waals surface area contributed by atoms with Crippen molar-refractivity contribution in [1.29, 1.82) is 0 Å². The van der Waals surface area contributed by atoms with Crippen LogP contribution in [0, 0.1) is 11.8 Å². The molecule has 1 aromatic heterocycles. The van der Waals surface area contributed by atoms with Gasteiger partial charge in [-0.05, 0) is 66.0 Å². The van der Waals surface area contributed by atoms with Crippen molar-refractivity contribution in [2.24, 2.45) is 11.8 Å². The normalized spacial score (nSPS) is 18.7. The van der Waals surface area contributed by atoms with Gasteiger partial charge in [-0.25, -0.2) is 0 Å². The number of carbonyl (C=O) groups is 2. The maximum Gasteiger partial charge on any atom is 0.253 e. The molecule has 1 saturated heterocycles. The van der Waals surface area contributed by atoms with Crippen LogP contribution in [0.15, 0.2) is 54.7 Å². The number of aromatic amines is 1. The molecule has 2 heterocycles. The lowest BCUT2D eigenvalue weighted by Gasteiger charge is -2.22. The molecule has 1 aliphatic carbocycles. The Hall–Kier alpha value is -3.08. The number of fused-ring (bicyclic) bond motifs is 1. The molecule has 5 rings (SSSR count). The van der Waals surface area contributed by atoms with E-state index >= 15 is 0 Å². The third kappa shape index (κ3) is 3.72. The molecule has 1 atom stereocenters. The Balaban J connectivity index is 1.21. The van der Waals surface area contributed by atoms with Crippen LogP contribution in [0.25, 0.3) is 22.0 Å². The van der Waals surface area contributed by atoms with E-state index in [9.17, 15) is 9.59 Å². The van der Waals surface area contributed by atoms with Gasteiger partial charge in [0.25, 0.3) is 5.91 Å². The Morgan fingerprint density at radius 2 is 1.80 bits per heavy atom. The van der Waals surface area contributed by atoms with Gasteiger partial charge in [0.2, 0.25) is 5.91 Å². The summed E-state index contributed by atoms with van der Waals surface area (Å²) >= 11 is 0. The van der Waals surface area contributed by atoms with E-state index in [0.29, 0.717) is 23.9 Å². The van der Waals surface area contributed by atoms with Crippen LogP contribution in [0.2, 0.25) is 0 Å². The second-order valence-electron chi connectivity index (χ2n) is 8.76. The van der Waals surface area contributed by atoms with Gasteiger partial charge in [0, 0.05) is 49.9 Å². The quantitative estimate of drug-likeness (QED) is 0.698. The monoisotopic (exact) mass is 401 g/mol. The van der Waals surface area contributed by atoms with Crippen LogP contribution in [-0.2, 0) is 4.79 Å². The molecule has 2 fully saturated rings. The molecule has 30 heavy (non-hydrogen) atoms. The Labute approximate surface area is 176 Å². The van der Waals surface area contributed by atoms with Crippen molar-refractivity contribution in [3.05, 3.63) is 60.3 Å². The summed E-state index contributed by atoms with van der Waals surface area (Å²) in [5, 5.41) is 1.19. The predicted molar refractivity (Wildman–Crippen MR) is 118 cm³/mol. The molecule has 1 N–H and O–H groups in total. The molecule has 3 aromatic rings. The van der Waals surface area contributed by atoms with Gasteiger partial charge in [-0.15, -0.1) is 0 Å². The number of rotatable bonds is 5. The van der Waals surface area contributed by atoms with Crippen molar-refractivity contribution in [2.75, 3.05) is 26.7 Å². The Morgan fingerprint density at radius 1 is 1.03 bits per heavy atom. The fourth-order valence-electron chi connectivity index (χ4n) is 4.49. The SMILES string of the molecule is CN(C[C@@H]1CCN(C(=O)C2CC2)C1)C(=O)c1ccc(-c2ccc3cc[nH]c3c2)cc1. The van der Waals surface area contributed by atoms with Gasteiger partial charge < -0.3 is 14.8 Å². The number of likely N-dealkylation sites (tertiary alicyclic amines) is 1. The second-order valence-corrected chi connectivity index (χ2v) is 8.76. The molecule has 2 aromatic carbocycles. The third-order valence-corrected chi connectivity index (χ3v) is 6.42. The molecule has 0 spiro atoms. The topological polar surface area (TPSA) is 56.4 Å². The standard InChI is InChI=1S/C25H27N3O2/c1-27(15-17-11-13-28(16-17)25(30)21-7-8-21)24(29)20-5-2-18(3-6-20)22-9-4-19-10-12-26-23(19)14-22/h2-6,9-10,12,14,17,21,26H,7-8,11,13,15-16H2,1H3/t17-/m0/s1. The fraction of sp³-hybridized carbons (Fsp3) is 0.360. The molecule has 0 radical (unpaired) electrons. The number of nitrogens with zero attached hydrogens (tertiary/aromatic N) is 2. The zero-order valence-corrected chi connectivity index (χ0v) is 17.3. The Kier molecular flexibility index (Phi) is 4.81. The Morgan fingerprint density at radius 3 is 2.57 bits per heavy atom. The van der Waals surface area contributed by atoms with Crippen LogP contribution in [0.1, 0.15) is 29.6 Å². The summed E-state index contributed by atoms with van der Waals surface area (Å²) in [7, 11) is 1.86. The van der Waals surface area contributed by atoms with E-state index in [4.69, 9.17) is 0 Å². The van der Waals surface area contributed by atoms with E-state index in [1.807, 2.05) is 42.4 Å². The smallest absolute Gasteiger partial charge is 0.253 e. The van der Waals surface area contributed by atoms with E-state index in [1.165, 1.54) is 5.39 Å². The average molecular weight is 402 g/mol. The van der Waals surface area contributed by atoms with Crippen LogP contribution >= 0.6 is 0 Å². The van der Waals surface area contributed by atoms with Crippen molar-refractivity contribution in [1.82, 2.24) is 14.8 Å². The predicted octanol–water partition coefficient (Wildman–Crippen LogP) is 4.17. The maximum atomic E-state index is 12.9. The lowest BCUT2D eigenvalue weighted by molar-refractivity contribution is -0.131. The van der Waals surface area contributed by atoms with Gasteiger partial charge in [0.1, 0.15) is 0 Å². The number of benzene rings is 2. The van der Waals surface area contributed by atoms with Gasteiger partial charge >= 0.3 is 0 Å². The van der Waals surface area contributed by atoms with Crippen molar-refractivity contribution in [3.63, 3.8) is 0 Å². The van der Waals surface area contributed by atoms with E-state index < -0.39 is 0 Å². The molecule has 2 aliphatic rings. The molecule has 1 saturated carbocycles. The minimum atomic E-state index is 0.0355. The van der Waals surface area contributed by atoms with Gasteiger partial charge in [-0.2, -0.15) is 0 Å². The average Bonchev–Trinajstić information content (AvgIpc) is 3.34. The lowest BCUT2D eigenvalue weighted by Crippen LogP contribution is -2.34. The summed E-state index contributed by atoms with van der Waals surface area (Å²) in [5.74, 6) is 1.00. The first kappa shape index (κ1) is 18.9. The number of amides is 2. The summed E-state index contributed by atoms with van der Waals surface area (Å²) in [6, 6.07) is 16.2. The largest absolute Gasteiger partial charge is 0.361 e. The molecular formula is C25H27N3O2. The first-order chi connectivity index (χ1) is 14.6. The third-order valence-electron chi connectivity index (χ3n) is 6.42. The number of carbonyl (C=O) groups excluding carboxylic acids is 2. The Bertz CT molecular complexity index is 1080. The van der Waals surface area contributed by atoms with Gasteiger partial charge in [0.15, 0.2) is 0 Å². The van der Waals surface area contributed by atoms with Crippen molar-refractivity contribution in [2.45, 2.75) is 19.3 Å². The van der Waals surface area contributed by atoms with E-state index in [1.54, 1.807) is 4.90 Å². The number of H-pyrrole nitrogens is 1. The van der Waals surface area contributed by atoms with E-state index in [2.05, 4.69) is 29.2 Å². The first-order valence-electron chi connectivity index (χ1n) is 10.8. The van der Waals surface area contributed by atoms with Crippen LogP contribution < -0.4 is 0 Å². The van der Waals surface area contributed by atoms with Crippen LogP contribution in [-0.4, -0.2) is 53.3 Å². The second kappa shape index (κ2) is 7.63. The van der Waals surface area contributed by atoms with Crippen LogP contribution in [0.3, 0.4) is 0 Å². The number of nitrogens with one attached hydrogen (secondary N) is 1. The highest BCUT2D eigenvalue weighted by atomic mass is 16.2. The lowest BCUT2D eigenvalue weighted by atomic mass is 10.0. The zero-order valence-electron chi connectivity index (χ0n) is 17.3. The van der Waals surface area contributed by atoms with Crippen molar-refractivity contribution >= 4 is 22.7 Å². The van der Waals surface area contributed by atoms with E-state index in [0.717, 1.165) is 49.0 Å². The highest BCUT2D eigenvalue weighted by Gasteiger charge is 2.36. The zero-order chi connectivity index (χ0) is 20.7. The number of hydrogen-bond acceptors (Lipinski definition) is 2.